The van der Waals surface area contributed by atoms with Crippen molar-refractivity contribution in [1.82, 2.24) is 9.55 Å². The van der Waals surface area contributed by atoms with E-state index in [9.17, 15) is 9.59 Å². The number of aryl methyl sites for hydroxylation is 2. The predicted molar refractivity (Wildman–Crippen MR) is 79.2 cm³/mol. The predicted octanol–water partition coefficient (Wildman–Crippen LogP) is 2.42. The molecule has 2 rings (SSSR count). The number of esters is 1. The summed E-state index contributed by atoms with van der Waals surface area (Å²) in [6.07, 6.45) is 1.41. The highest BCUT2D eigenvalue weighted by molar-refractivity contribution is 7.18. The lowest BCUT2D eigenvalue weighted by Crippen LogP contribution is -2.30. The Kier molecular flexibility index (Phi) is 3.69. The molecule has 0 aromatic carbocycles. The van der Waals surface area contributed by atoms with E-state index in [-0.39, 0.29) is 12.1 Å². The summed E-state index contributed by atoms with van der Waals surface area (Å²) in [7, 11) is 0. The molecule has 2 aromatic heterocycles. The summed E-state index contributed by atoms with van der Waals surface area (Å²) in [4.78, 5) is 30.2. The molecule has 0 amide bonds. The third-order valence-electron chi connectivity index (χ3n) is 2.88. The maximum atomic E-state index is 12.4. The summed E-state index contributed by atoms with van der Waals surface area (Å²) >= 11 is 1.49. The number of hydrogen-bond acceptors (Lipinski definition) is 5. The summed E-state index contributed by atoms with van der Waals surface area (Å²) in [6.45, 7) is 9.12. The maximum Gasteiger partial charge on any atom is 0.326 e. The molecule has 0 saturated heterocycles. The number of ether oxygens (including phenoxy) is 1. The van der Waals surface area contributed by atoms with Gasteiger partial charge in [-0.3, -0.25) is 14.2 Å². The summed E-state index contributed by atoms with van der Waals surface area (Å²) in [5.41, 5.74) is 0.177. The zero-order chi connectivity index (χ0) is 15.1. The molecule has 0 N–H and O–H groups in total. The van der Waals surface area contributed by atoms with E-state index < -0.39 is 11.6 Å². The minimum Gasteiger partial charge on any atom is -0.459 e. The lowest BCUT2D eigenvalue weighted by molar-refractivity contribution is -0.155. The van der Waals surface area contributed by atoms with Crippen molar-refractivity contribution in [2.24, 2.45) is 0 Å². The van der Waals surface area contributed by atoms with Crippen LogP contribution < -0.4 is 5.56 Å². The number of rotatable bonds is 2. The van der Waals surface area contributed by atoms with Crippen LogP contribution in [0.15, 0.2) is 11.1 Å². The maximum absolute atomic E-state index is 12.4. The molecule has 0 atom stereocenters. The van der Waals surface area contributed by atoms with E-state index in [0.717, 1.165) is 10.4 Å². The molecule has 0 fully saturated rings. The molecule has 2 aromatic rings. The molecular formula is C14H18N2O3S. The monoisotopic (exact) mass is 294 g/mol. The lowest BCUT2D eigenvalue weighted by atomic mass is 10.2. The Morgan fingerprint density at radius 2 is 2.05 bits per heavy atom. The van der Waals surface area contributed by atoms with E-state index in [1.807, 2.05) is 13.8 Å². The quantitative estimate of drug-likeness (QED) is 0.798. The van der Waals surface area contributed by atoms with Gasteiger partial charge in [-0.25, -0.2) is 4.98 Å². The molecular weight excluding hydrogens is 276 g/mol. The zero-order valence-corrected chi connectivity index (χ0v) is 13.1. The van der Waals surface area contributed by atoms with Crippen molar-refractivity contribution < 1.29 is 9.53 Å². The molecule has 0 aliphatic heterocycles. The Bertz CT molecular complexity index is 722. The average Bonchev–Trinajstić information content (AvgIpc) is 2.57. The molecule has 5 nitrogen and oxygen atoms in total. The van der Waals surface area contributed by atoms with Gasteiger partial charge in [0.15, 0.2) is 0 Å². The number of carbonyl (C=O) groups is 1. The second-order valence-electron chi connectivity index (χ2n) is 5.73. The highest BCUT2D eigenvalue weighted by atomic mass is 32.1. The number of hydrogen-bond donors (Lipinski definition) is 0. The molecule has 0 spiro atoms. The van der Waals surface area contributed by atoms with E-state index in [2.05, 4.69) is 4.98 Å². The first-order valence-corrected chi connectivity index (χ1v) is 7.17. The Morgan fingerprint density at radius 3 is 2.65 bits per heavy atom. The van der Waals surface area contributed by atoms with Crippen LogP contribution in [0, 0.1) is 13.8 Å². The smallest absolute Gasteiger partial charge is 0.326 e. The topological polar surface area (TPSA) is 61.2 Å². The van der Waals surface area contributed by atoms with Crippen LogP contribution in [0.1, 0.15) is 31.2 Å². The van der Waals surface area contributed by atoms with Gasteiger partial charge in [0, 0.05) is 4.88 Å². The van der Waals surface area contributed by atoms with Crippen molar-refractivity contribution in [3.8, 4) is 0 Å². The van der Waals surface area contributed by atoms with Crippen LogP contribution in [0.2, 0.25) is 0 Å². The van der Waals surface area contributed by atoms with Crippen molar-refractivity contribution >= 4 is 27.5 Å². The molecule has 0 unspecified atom stereocenters. The molecule has 20 heavy (non-hydrogen) atoms. The number of thiophene rings is 1. The Labute approximate surface area is 121 Å². The van der Waals surface area contributed by atoms with Gasteiger partial charge in [0.05, 0.1) is 11.7 Å². The van der Waals surface area contributed by atoms with Crippen molar-refractivity contribution in [2.75, 3.05) is 0 Å². The molecule has 0 saturated carbocycles. The van der Waals surface area contributed by atoms with Gasteiger partial charge in [0.2, 0.25) is 0 Å². The fourth-order valence-electron chi connectivity index (χ4n) is 1.90. The van der Waals surface area contributed by atoms with E-state index in [1.54, 1.807) is 20.8 Å². The second-order valence-corrected chi connectivity index (χ2v) is 6.93. The van der Waals surface area contributed by atoms with Gasteiger partial charge in [-0.15, -0.1) is 11.3 Å². The second kappa shape index (κ2) is 5.01. The Morgan fingerprint density at radius 1 is 1.40 bits per heavy atom. The van der Waals surface area contributed by atoms with E-state index in [0.29, 0.717) is 10.2 Å². The third-order valence-corrected chi connectivity index (χ3v) is 3.99. The van der Waals surface area contributed by atoms with Gasteiger partial charge in [0.1, 0.15) is 17.0 Å². The van der Waals surface area contributed by atoms with Crippen LogP contribution >= 0.6 is 11.3 Å². The van der Waals surface area contributed by atoms with Gasteiger partial charge in [-0.05, 0) is 40.2 Å². The van der Waals surface area contributed by atoms with Gasteiger partial charge in [0.25, 0.3) is 5.56 Å². The van der Waals surface area contributed by atoms with Crippen molar-refractivity contribution in [2.45, 2.75) is 46.8 Å². The van der Waals surface area contributed by atoms with Crippen molar-refractivity contribution in [1.29, 1.82) is 0 Å². The van der Waals surface area contributed by atoms with Crippen LogP contribution in [0.3, 0.4) is 0 Å². The summed E-state index contributed by atoms with van der Waals surface area (Å²) in [6, 6.07) is 0. The normalized spacial score (nSPS) is 11.8. The largest absolute Gasteiger partial charge is 0.459 e. The molecule has 2 heterocycles. The lowest BCUT2D eigenvalue weighted by Gasteiger charge is -2.19. The fourth-order valence-corrected chi connectivity index (χ4v) is 2.88. The van der Waals surface area contributed by atoms with E-state index in [4.69, 9.17) is 4.74 Å². The summed E-state index contributed by atoms with van der Waals surface area (Å²) in [5.74, 6) is -0.439. The Balaban J connectivity index is 2.37. The molecule has 108 valence electrons. The van der Waals surface area contributed by atoms with Crippen LogP contribution in [0.25, 0.3) is 10.2 Å². The average molecular weight is 294 g/mol. The summed E-state index contributed by atoms with van der Waals surface area (Å²) in [5, 5.41) is 0.596. The van der Waals surface area contributed by atoms with Gasteiger partial charge in [-0.1, -0.05) is 0 Å². The SMILES string of the molecule is Cc1sc2ncn(CC(=O)OC(C)(C)C)c(=O)c2c1C. The number of carbonyl (C=O) groups excluding carboxylic acids is 1. The van der Waals surface area contributed by atoms with Crippen LogP contribution in [0.4, 0.5) is 0 Å². The standard InChI is InChI=1S/C14H18N2O3S/c1-8-9(2)20-12-11(8)13(18)16(7-15-12)6-10(17)19-14(3,4)5/h7H,6H2,1-5H3. The first-order valence-electron chi connectivity index (χ1n) is 6.36. The molecule has 0 bridgehead atoms. The number of nitrogens with zero attached hydrogens (tertiary/aromatic N) is 2. The fraction of sp³-hybridized carbons (Fsp3) is 0.500. The van der Waals surface area contributed by atoms with Gasteiger partial charge < -0.3 is 4.74 Å². The minimum absolute atomic E-state index is 0.118. The zero-order valence-electron chi connectivity index (χ0n) is 12.3. The van der Waals surface area contributed by atoms with Crippen LogP contribution in [0.5, 0.6) is 0 Å². The highest BCUT2D eigenvalue weighted by Gasteiger charge is 2.18. The Hall–Kier alpha value is -1.69. The molecule has 0 aliphatic carbocycles. The highest BCUT2D eigenvalue weighted by Crippen LogP contribution is 2.25. The van der Waals surface area contributed by atoms with Crippen LogP contribution in [-0.4, -0.2) is 21.1 Å². The van der Waals surface area contributed by atoms with E-state index in [1.165, 1.54) is 22.2 Å². The minimum atomic E-state index is -0.562. The van der Waals surface area contributed by atoms with Crippen molar-refractivity contribution in [3.63, 3.8) is 0 Å². The molecule has 6 heteroatoms. The van der Waals surface area contributed by atoms with Gasteiger partial charge in [-0.2, -0.15) is 0 Å². The van der Waals surface area contributed by atoms with Crippen molar-refractivity contribution in [3.05, 3.63) is 27.1 Å². The third kappa shape index (κ3) is 2.90. The first kappa shape index (κ1) is 14.7. The first-order chi connectivity index (χ1) is 9.19. The molecule has 0 radical (unpaired) electrons. The molecule has 0 aliphatic rings. The number of aromatic nitrogens is 2. The van der Waals surface area contributed by atoms with Gasteiger partial charge >= 0.3 is 5.97 Å². The number of fused-ring (bicyclic) bond motifs is 1. The van der Waals surface area contributed by atoms with Crippen LogP contribution in [-0.2, 0) is 16.1 Å². The summed E-state index contributed by atoms with van der Waals surface area (Å²) < 4.78 is 6.52. The van der Waals surface area contributed by atoms with E-state index >= 15 is 0 Å².